The Labute approximate surface area is 232 Å². The maximum atomic E-state index is 15.3. The fraction of sp³-hybridized carbons (Fsp3) is 0.324. The monoisotopic (exact) mass is 528 g/mol. The second kappa shape index (κ2) is 8.89. The number of Topliss-reactive ketones (excluding diaryl/α,β-unsaturated/α-hetero) is 1. The Morgan fingerprint density at radius 1 is 1.00 bits per heavy atom. The summed E-state index contributed by atoms with van der Waals surface area (Å²) < 4.78 is 15.3. The lowest BCUT2D eigenvalue weighted by Gasteiger charge is -2.52. The van der Waals surface area contributed by atoms with E-state index in [0.717, 1.165) is 53.4 Å². The van der Waals surface area contributed by atoms with Gasteiger partial charge >= 0.3 is 0 Å². The lowest BCUT2D eigenvalue weighted by atomic mass is 9.50. The molecule has 198 valence electrons. The number of carbonyl (C=O) groups is 1. The van der Waals surface area contributed by atoms with Crippen LogP contribution in [0.5, 0.6) is 0 Å². The predicted molar refractivity (Wildman–Crippen MR) is 151 cm³/mol. The van der Waals surface area contributed by atoms with Gasteiger partial charge in [-0.15, -0.1) is 0 Å². The zero-order chi connectivity index (χ0) is 27.6. The van der Waals surface area contributed by atoms with Crippen molar-refractivity contribution in [3.05, 3.63) is 89.5 Å². The van der Waals surface area contributed by atoms with Crippen LogP contribution in [0.1, 0.15) is 50.8 Å². The maximum Gasteiger partial charge on any atom is 0.179 e. The number of nitriles is 1. The Morgan fingerprint density at radius 3 is 2.55 bits per heavy atom. The summed E-state index contributed by atoms with van der Waals surface area (Å²) in [5.41, 5.74) is 3.19. The number of rotatable bonds is 4. The molecule has 40 heavy (non-hydrogen) atoms. The van der Waals surface area contributed by atoms with E-state index in [2.05, 4.69) is 24.9 Å². The van der Waals surface area contributed by atoms with Crippen LogP contribution in [0, 0.1) is 34.4 Å². The van der Waals surface area contributed by atoms with Crippen molar-refractivity contribution in [3.8, 4) is 28.7 Å². The quantitative estimate of drug-likeness (QED) is 0.281. The summed E-state index contributed by atoms with van der Waals surface area (Å²) in [6.07, 6.45) is 8.02. The van der Waals surface area contributed by atoms with Crippen LogP contribution in [0.4, 0.5) is 4.39 Å². The Hall–Kier alpha value is -4.24. The average Bonchev–Trinajstić information content (AvgIpc) is 3.78. The van der Waals surface area contributed by atoms with Gasteiger partial charge in [0.15, 0.2) is 11.6 Å². The van der Waals surface area contributed by atoms with Crippen LogP contribution in [-0.2, 0) is 16.6 Å². The molecule has 0 bridgehead atoms. The number of benzene rings is 2. The highest BCUT2D eigenvalue weighted by Gasteiger charge is 2.58. The molecule has 2 aromatic carbocycles. The molecule has 2 aromatic heterocycles. The smallest absolute Gasteiger partial charge is 0.179 e. The Bertz CT molecular complexity index is 1780. The van der Waals surface area contributed by atoms with Crippen LogP contribution in [0.25, 0.3) is 33.5 Å². The molecule has 4 aromatic rings. The van der Waals surface area contributed by atoms with E-state index >= 15 is 4.39 Å². The van der Waals surface area contributed by atoms with E-state index in [1.807, 2.05) is 42.5 Å². The van der Waals surface area contributed by atoms with Gasteiger partial charge in [0.25, 0.3) is 0 Å². The summed E-state index contributed by atoms with van der Waals surface area (Å²) in [6, 6.07) is 18.7. The molecule has 6 heteroatoms. The molecule has 2 unspecified atom stereocenters. The van der Waals surface area contributed by atoms with Gasteiger partial charge in [-0.2, -0.15) is 5.26 Å². The van der Waals surface area contributed by atoms with Gasteiger partial charge in [-0.1, -0.05) is 63.1 Å². The van der Waals surface area contributed by atoms with E-state index in [1.165, 1.54) is 6.07 Å². The number of para-hydroxylation sites is 1. The minimum Gasteiger partial charge on any atom is -0.293 e. The van der Waals surface area contributed by atoms with Gasteiger partial charge in [0.05, 0.1) is 22.5 Å². The molecule has 1 fully saturated rings. The molecule has 5 nitrogen and oxygen atoms in total. The molecule has 3 atom stereocenters. The lowest BCUT2D eigenvalue weighted by molar-refractivity contribution is -0.130. The second-order valence-corrected chi connectivity index (χ2v) is 12.0. The summed E-state index contributed by atoms with van der Waals surface area (Å²) in [5, 5.41) is 11.0. The zero-order valence-corrected chi connectivity index (χ0v) is 22.6. The van der Waals surface area contributed by atoms with Gasteiger partial charge in [-0.05, 0) is 55.4 Å². The van der Waals surface area contributed by atoms with Crippen molar-refractivity contribution in [3.63, 3.8) is 0 Å². The predicted octanol–water partition coefficient (Wildman–Crippen LogP) is 7.16. The summed E-state index contributed by atoms with van der Waals surface area (Å²) >= 11 is 0. The minimum atomic E-state index is -0.684. The van der Waals surface area contributed by atoms with E-state index in [-0.39, 0.29) is 23.1 Å². The van der Waals surface area contributed by atoms with E-state index < -0.39 is 10.8 Å². The van der Waals surface area contributed by atoms with Gasteiger partial charge in [0.1, 0.15) is 11.9 Å². The van der Waals surface area contributed by atoms with Crippen molar-refractivity contribution in [2.45, 2.75) is 51.4 Å². The molecule has 0 amide bonds. The fourth-order valence-corrected chi connectivity index (χ4v) is 7.43. The third-order valence-corrected chi connectivity index (χ3v) is 9.45. The van der Waals surface area contributed by atoms with Crippen molar-refractivity contribution < 1.29 is 9.18 Å². The fourth-order valence-electron chi connectivity index (χ4n) is 7.43. The van der Waals surface area contributed by atoms with E-state index in [0.29, 0.717) is 29.4 Å². The zero-order valence-electron chi connectivity index (χ0n) is 22.6. The number of fused-ring (bicyclic) bond motifs is 4. The third-order valence-electron chi connectivity index (χ3n) is 9.45. The maximum absolute atomic E-state index is 15.3. The number of pyridine rings is 1. The number of allylic oxidation sites excluding steroid dienone is 2. The number of carbonyl (C=O) groups excluding carboxylic acids is 1. The number of hydrogen-bond donors (Lipinski definition) is 0. The molecule has 3 aliphatic rings. The molecule has 2 heterocycles. The largest absolute Gasteiger partial charge is 0.293 e. The first kappa shape index (κ1) is 24.8. The van der Waals surface area contributed by atoms with Crippen LogP contribution in [0.2, 0.25) is 0 Å². The van der Waals surface area contributed by atoms with E-state index in [9.17, 15) is 10.1 Å². The summed E-state index contributed by atoms with van der Waals surface area (Å²) in [5.74, 6) is 0.604. The highest BCUT2D eigenvalue weighted by Crippen LogP contribution is 2.59. The van der Waals surface area contributed by atoms with Gasteiger partial charge in [0, 0.05) is 39.1 Å². The highest BCUT2D eigenvalue weighted by molar-refractivity contribution is 6.05. The Kier molecular flexibility index (Phi) is 5.51. The van der Waals surface area contributed by atoms with Crippen LogP contribution >= 0.6 is 0 Å². The van der Waals surface area contributed by atoms with Crippen molar-refractivity contribution in [2.75, 3.05) is 0 Å². The van der Waals surface area contributed by atoms with Crippen LogP contribution in [-0.4, -0.2) is 20.7 Å². The van der Waals surface area contributed by atoms with Gasteiger partial charge in [-0.3, -0.25) is 9.78 Å². The number of aromatic nitrogens is 3. The molecule has 0 spiro atoms. The van der Waals surface area contributed by atoms with E-state index in [1.54, 1.807) is 18.3 Å². The van der Waals surface area contributed by atoms with Gasteiger partial charge in [0.2, 0.25) is 0 Å². The molecular weight excluding hydrogens is 499 g/mol. The number of halogens is 1. The SMILES string of the molecule is CC1(CC2CC2)C(=O)C(C#N)=C[C@@]2(C)c3nc(-c4ccnc5ccccc45)nc(-c4ccccc4F)c3CCC12. The number of nitrogens with zero attached hydrogens (tertiary/aromatic N) is 4. The van der Waals surface area contributed by atoms with Crippen molar-refractivity contribution in [1.29, 1.82) is 5.26 Å². The Morgan fingerprint density at radius 2 is 1.77 bits per heavy atom. The first-order valence-corrected chi connectivity index (χ1v) is 14.0. The average molecular weight is 529 g/mol. The standard InChI is InChI=1S/C34H29FN4O/c1-33-18-21(19-36)31(40)34(2,17-20-11-12-20)28(33)14-13-25-29(24-8-3-5-9-26(24)35)38-32(39-30(25)33)23-15-16-37-27-10-6-4-7-22(23)27/h3-10,15-16,18,20,28H,11-14,17H2,1-2H3/t28?,33-,34?/m1/s1. The van der Waals surface area contributed by atoms with Crippen LogP contribution < -0.4 is 0 Å². The summed E-state index contributed by atoms with van der Waals surface area (Å²) in [7, 11) is 0. The normalized spacial score (nSPS) is 25.6. The molecule has 0 saturated heterocycles. The molecular formula is C34H29FN4O. The molecule has 0 aliphatic heterocycles. The van der Waals surface area contributed by atoms with Gasteiger partial charge < -0.3 is 0 Å². The second-order valence-electron chi connectivity index (χ2n) is 12.0. The number of hydrogen-bond acceptors (Lipinski definition) is 5. The van der Waals surface area contributed by atoms with Crippen molar-refractivity contribution in [1.82, 2.24) is 15.0 Å². The molecule has 0 radical (unpaired) electrons. The van der Waals surface area contributed by atoms with Gasteiger partial charge in [-0.25, -0.2) is 14.4 Å². The lowest BCUT2D eigenvalue weighted by Crippen LogP contribution is -2.53. The molecule has 1 saturated carbocycles. The molecule has 3 aliphatic carbocycles. The topological polar surface area (TPSA) is 79.5 Å². The summed E-state index contributed by atoms with van der Waals surface area (Å²) in [6.45, 7) is 4.17. The molecule has 7 rings (SSSR count). The van der Waals surface area contributed by atoms with E-state index in [4.69, 9.17) is 9.97 Å². The molecule has 0 N–H and O–H groups in total. The van der Waals surface area contributed by atoms with Crippen LogP contribution in [0.15, 0.2) is 72.4 Å². The third kappa shape index (κ3) is 3.64. The van der Waals surface area contributed by atoms with Crippen molar-refractivity contribution >= 4 is 16.7 Å². The minimum absolute atomic E-state index is 0.0249. The summed E-state index contributed by atoms with van der Waals surface area (Å²) in [4.78, 5) is 28.5. The highest BCUT2D eigenvalue weighted by atomic mass is 19.1. The number of ketones is 1. The van der Waals surface area contributed by atoms with Crippen molar-refractivity contribution in [2.24, 2.45) is 17.3 Å². The Balaban J connectivity index is 1.53. The van der Waals surface area contributed by atoms with Crippen LogP contribution in [0.3, 0.4) is 0 Å². The first-order valence-electron chi connectivity index (χ1n) is 14.0. The first-order chi connectivity index (χ1) is 19.3.